The summed E-state index contributed by atoms with van der Waals surface area (Å²) in [6, 6.07) is 4.91. The highest BCUT2D eigenvalue weighted by molar-refractivity contribution is 7.62. The molecule has 23 heavy (non-hydrogen) atoms. The van der Waals surface area contributed by atoms with Crippen LogP contribution in [0.2, 0.25) is 0 Å². The van der Waals surface area contributed by atoms with Gasteiger partial charge in [-0.15, -0.1) is 0 Å². The summed E-state index contributed by atoms with van der Waals surface area (Å²) >= 11 is 0. The number of benzene rings is 1. The predicted molar refractivity (Wildman–Crippen MR) is 94.0 cm³/mol. The molecule has 0 aliphatic carbocycles. The van der Waals surface area contributed by atoms with Crippen molar-refractivity contribution < 1.29 is 18.7 Å². The van der Waals surface area contributed by atoms with Gasteiger partial charge in [-0.2, -0.15) is 0 Å². The van der Waals surface area contributed by atoms with Gasteiger partial charge < -0.3 is 9.63 Å². The van der Waals surface area contributed by atoms with E-state index in [4.69, 9.17) is 9.05 Å². The van der Waals surface area contributed by atoms with Crippen LogP contribution in [0.1, 0.15) is 64.9 Å². The lowest BCUT2D eigenvalue weighted by Gasteiger charge is -2.30. The van der Waals surface area contributed by atoms with E-state index in [1.807, 2.05) is 6.92 Å². The maximum atomic E-state index is 13.2. The second-order valence-corrected chi connectivity index (χ2v) is 7.73. The Bertz CT molecular complexity index is 621. The van der Waals surface area contributed by atoms with Crippen molar-refractivity contribution in [3.8, 4) is 5.75 Å². The minimum Gasteiger partial charge on any atom is -0.508 e. The number of phenols is 1. The lowest BCUT2D eigenvalue weighted by Crippen LogP contribution is -2.20. The Balaban J connectivity index is 2.55. The number of allylic oxidation sites excluding steroid dienone is 2. The van der Waals surface area contributed by atoms with Gasteiger partial charge in [0.05, 0.1) is 11.9 Å². The minimum atomic E-state index is -3.36. The van der Waals surface area contributed by atoms with Gasteiger partial charge in [0.1, 0.15) is 11.5 Å². The fraction of sp³-hybridized carbons (Fsp3) is 0.556. The quantitative estimate of drug-likeness (QED) is 0.648. The summed E-state index contributed by atoms with van der Waals surface area (Å²) in [5.74, 6) is 0.952. The van der Waals surface area contributed by atoms with Crippen molar-refractivity contribution in [3.63, 3.8) is 0 Å². The molecular formula is C18H27O4P. The topological polar surface area (TPSA) is 55.8 Å². The van der Waals surface area contributed by atoms with E-state index in [1.165, 1.54) is 0 Å². The summed E-state index contributed by atoms with van der Waals surface area (Å²) in [7, 11) is -3.36. The lowest BCUT2D eigenvalue weighted by atomic mass is 9.96. The summed E-state index contributed by atoms with van der Waals surface area (Å²) in [6.45, 7) is 6.40. The Kier molecular flexibility index (Phi) is 6.32. The molecule has 2 rings (SSSR count). The Morgan fingerprint density at radius 2 is 1.83 bits per heavy atom. The molecule has 0 amide bonds. The summed E-state index contributed by atoms with van der Waals surface area (Å²) in [5.41, 5.74) is 1.89. The standard InChI is InChI=1S/C18H27O4P/c1-4-7-9-15-16-13-14(19)11-12-18(16)23(20,21-6-3)22-17(15)10-8-5-2/h11-13,19H,4-10H2,1-3H3. The van der Waals surface area contributed by atoms with E-state index in [0.29, 0.717) is 11.9 Å². The van der Waals surface area contributed by atoms with Gasteiger partial charge in [0.15, 0.2) is 0 Å². The molecular weight excluding hydrogens is 311 g/mol. The first-order valence-corrected chi connectivity index (χ1v) is 10.1. The Hall–Kier alpha value is -1.25. The van der Waals surface area contributed by atoms with Crippen molar-refractivity contribution in [2.24, 2.45) is 0 Å². The van der Waals surface area contributed by atoms with Crippen LogP contribution in [0.15, 0.2) is 24.0 Å². The Morgan fingerprint density at radius 3 is 2.48 bits per heavy atom. The van der Waals surface area contributed by atoms with Crippen LogP contribution in [0, 0.1) is 0 Å². The van der Waals surface area contributed by atoms with Gasteiger partial charge in [0.25, 0.3) is 0 Å². The smallest absolute Gasteiger partial charge is 0.411 e. The van der Waals surface area contributed by atoms with Crippen molar-refractivity contribution in [3.05, 3.63) is 29.5 Å². The van der Waals surface area contributed by atoms with Crippen LogP contribution in [0.4, 0.5) is 0 Å². The predicted octanol–water partition coefficient (Wildman–Crippen LogP) is 5.37. The zero-order chi connectivity index (χ0) is 16.9. The van der Waals surface area contributed by atoms with Crippen LogP contribution < -0.4 is 5.30 Å². The molecule has 0 fully saturated rings. The highest BCUT2D eigenvalue weighted by atomic mass is 31.2. The molecule has 1 heterocycles. The molecule has 0 aromatic heterocycles. The normalized spacial score (nSPS) is 20.3. The van der Waals surface area contributed by atoms with Crippen LogP contribution >= 0.6 is 7.60 Å². The van der Waals surface area contributed by atoms with Gasteiger partial charge in [-0.1, -0.05) is 26.7 Å². The number of aromatic hydroxyl groups is 1. The van der Waals surface area contributed by atoms with E-state index in [-0.39, 0.29) is 5.75 Å². The van der Waals surface area contributed by atoms with E-state index in [9.17, 15) is 9.67 Å². The molecule has 1 atom stereocenters. The number of fused-ring (bicyclic) bond motifs is 1. The highest BCUT2D eigenvalue weighted by Crippen LogP contribution is 2.56. The number of unbranched alkanes of at least 4 members (excludes halogenated alkanes) is 2. The molecule has 1 aromatic carbocycles. The molecule has 1 unspecified atom stereocenters. The average Bonchev–Trinajstić information content (AvgIpc) is 2.52. The zero-order valence-corrected chi connectivity index (χ0v) is 15.2. The minimum absolute atomic E-state index is 0.178. The van der Waals surface area contributed by atoms with Gasteiger partial charge in [-0.3, -0.25) is 4.52 Å². The van der Waals surface area contributed by atoms with Crippen LogP contribution in [-0.2, 0) is 13.6 Å². The third-order valence-corrected chi connectivity index (χ3v) is 6.04. The number of hydrogen-bond acceptors (Lipinski definition) is 4. The highest BCUT2D eigenvalue weighted by Gasteiger charge is 2.38. The van der Waals surface area contributed by atoms with Crippen molar-refractivity contribution in [1.29, 1.82) is 0 Å². The SMILES string of the molecule is CCCCC1=C(CCCC)c2cc(O)ccc2P(=O)(OCC)O1. The number of hydrogen-bond donors (Lipinski definition) is 1. The molecule has 128 valence electrons. The van der Waals surface area contributed by atoms with Crippen LogP contribution in [0.25, 0.3) is 5.57 Å². The average molecular weight is 338 g/mol. The van der Waals surface area contributed by atoms with E-state index in [1.54, 1.807) is 18.2 Å². The van der Waals surface area contributed by atoms with Gasteiger partial charge in [0.2, 0.25) is 0 Å². The molecule has 0 saturated heterocycles. The van der Waals surface area contributed by atoms with E-state index >= 15 is 0 Å². The first-order chi connectivity index (χ1) is 11.1. The van der Waals surface area contributed by atoms with Gasteiger partial charge in [-0.25, -0.2) is 4.57 Å². The first-order valence-electron chi connectivity index (χ1n) is 8.55. The fourth-order valence-electron chi connectivity index (χ4n) is 2.83. The van der Waals surface area contributed by atoms with Crippen LogP contribution in [-0.4, -0.2) is 11.7 Å². The maximum absolute atomic E-state index is 13.2. The third-order valence-electron chi connectivity index (χ3n) is 4.00. The van der Waals surface area contributed by atoms with Crippen molar-refractivity contribution in [1.82, 2.24) is 0 Å². The second-order valence-electron chi connectivity index (χ2n) is 5.82. The number of phenolic OH excluding ortho intramolecular Hbond substituents is 1. The van der Waals surface area contributed by atoms with E-state index < -0.39 is 7.60 Å². The molecule has 4 nitrogen and oxygen atoms in total. The summed E-state index contributed by atoms with van der Waals surface area (Å²) in [5, 5.41) is 10.5. The molecule has 0 saturated carbocycles. The molecule has 0 radical (unpaired) electrons. The Labute approximate surface area is 139 Å². The zero-order valence-electron chi connectivity index (χ0n) is 14.3. The summed E-state index contributed by atoms with van der Waals surface area (Å²) < 4.78 is 24.6. The summed E-state index contributed by atoms with van der Waals surface area (Å²) in [6.07, 6.45) is 5.73. The van der Waals surface area contributed by atoms with E-state index in [0.717, 1.165) is 55.4 Å². The lowest BCUT2D eigenvalue weighted by molar-refractivity contribution is 0.253. The van der Waals surface area contributed by atoms with Crippen molar-refractivity contribution >= 4 is 18.5 Å². The molecule has 1 aliphatic rings. The monoisotopic (exact) mass is 338 g/mol. The summed E-state index contributed by atoms with van der Waals surface area (Å²) in [4.78, 5) is 0. The molecule has 0 spiro atoms. The Morgan fingerprint density at radius 1 is 1.13 bits per heavy atom. The maximum Gasteiger partial charge on any atom is 0.411 e. The van der Waals surface area contributed by atoms with Crippen LogP contribution in [0.5, 0.6) is 5.75 Å². The van der Waals surface area contributed by atoms with E-state index in [2.05, 4.69) is 13.8 Å². The molecule has 1 aromatic rings. The fourth-order valence-corrected chi connectivity index (χ4v) is 4.70. The van der Waals surface area contributed by atoms with Crippen LogP contribution in [0.3, 0.4) is 0 Å². The van der Waals surface area contributed by atoms with Crippen molar-refractivity contribution in [2.45, 2.75) is 59.3 Å². The third kappa shape index (κ3) is 3.99. The second kappa shape index (κ2) is 8.03. The number of rotatable bonds is 8. The molecule has 1 aliphatic heterocycles. The molecule has 1 N–H and O–H groups in total. The first kappa shape index (κ1) is 18.1. The van der Waals surface area contributed by atoms with Gasteiger partial charge >= 0.3 is 7.60 Å². The largest absolute Gasteiger partial charge is 0.508 e. The molecule has 5 heteroatoms. The van der Waals surface area contributed by atoms with Gasteiger partial charge in [-0.05, 0) is 50.0 Å². The van der Waals surface area contributed by atoms with Crippen molar-refractivity contribution in [2.75, 3.05) is 6.61 Å². The van der Waals surface area contributed by atoms with Gasteiger partial charge in [0, 0.05) is 12.0 Å². The molecule has 0 bridgehead atoms.